The normalized spacial score (nSPS) is 11.3. The lowest BCUT2D eigenvalue weighted by Gasteiger charge is -2.21. The van der Waals surface area contributed by atoms with Crippen LogP contribution in [0.4, 0.5) is 5.69 Å². The van der Waals surface area contributed by atoms with Crippen LogP contribution in [0.5, 0.6) is 0 Å². The number of para-hydroxylation sites is 1. The van der Waals surface area contributed by atoms with Gasteiger partial charge in [0.25, 0.3) is 0 Å². The van der Waals surface area contributed by atoms with E-state index in [1.54, 1.807) is 6.20 Å². The van der Waals surface area contributed by atoms with Crippen LogP contribution in [-0.2, 0) is 11.3 Å². The number of anilines is 1. The number of rotatable bonds is 5. The van der Waals surface area contributed by atoms with Gasteiger partial charge in [-0.3, -0.25) is 9.48 Å². The van der Waals surface area contributed by atoms with Gasteiger partial charge in [-0.05, 0) is 31.5 Å². The van der Waals surface area contributed by atoms with E-state index in [0.717, 1.165) is 11.3 Å². The van der Waals surface area contributed by atoms with E-state index in [1.165, 1.54) is 0 Å². The van der Waals surface area contributed by atoms with Crippen LogP contribution in [-0.4, -0.2) is 21.6 Å². The molecule has 1 aromatic heterocycles. The molecule has 1 heterocycles. The summed E-state index contributed by atoms with van der Waals surface area (Å²) in [7, 11) is 0. The summed E-state index contributed by atoms with van der Waals surface area (Å²) in [6.45, 7) is 4.27. The molecule has 0 atom stereocenters. The van der Waals surface area contributed by atoms with Crippen molar-refractivity contribution in [3.8, 4) is 0 Å². The fourth-order valence-electron chi connectivity index (χ4n) is 1.70. The summed E-state index contributed by atoms with van der Waals surface area (Å²) >= 11 is 5.83. The number of nitrogens with one attached hydrogen (secondary N) is 1. The first-order valence-corrected chi connectivity index (χ1v) is 6.99. The van der Waals surface area contributed by atoms with Gasteiger partial charge in [0.05, 0.1) is 12.0 Å². The maximum atomic E-state index is 12.2. The zero-order chi connectivity index (χ0) is 14.6. The predicted octanol–water partition coefficient (Wildman–Crippen LogP) is 3.13. The number of halogens is 1. The number of amides is 1. The highest BCUT2D eigenvalue weighted by molar-refractivity contribution is 6.20. The number of aromatic nitrogens is 2. The zero-order valence-corrected chi connectivity index (χ0v) is 12.4. The third kappa shape index (κ3) is 3.39. The maximum Gasteiger partial charge on any atom is 0.231 e. The molecule has 5 heteroatoms. The Morgan fingerprint density at radius 2 is 2.10 bits per heavy atom. The van der Waals surface area contributed by atoms with E-state index in [1.807, 2.05) is 55.1 Å². The molecule has 0 aliphatic carbocycles. The zero-order valence-electron chi connectivity index (χ0n) is 11.6. The average molecular weight is 292 g/mol. The van der Waals surface area contributed by atoms with Gasteiger partial charge in [0.1, 0.15) is 0 Å². The van der Waals surface area contributed by atoms with Gasteiger partial charge in [-0.15, -0.1) is 11.6 Å². The number of carbonyl (C=O) groups excluding carboxylic acids is 1. The molecule has 20 heavy (non-hydrogen) atoms. The molecule has 106 valence electrons. The highest BCUT2D eigenvalue weighted by Gasteiger charge is 2.26. The molecule has 1 amide bonds. The molecule has 0 unspecified atom stereocenters. The molecular formula is C15H18ClN3O. The monoisotopic (exact) mass is 291 g/mol. The number of alkyl halides is 1. The van der Waals surface area contributed by atoms with E-state index in [2.05, 4.69) is 10.4 Å². The van der Waals surface area contributed by atoms with Gasteiger partial charge in [0.2, 0.25) is 5.91 Å². The number of hydrogen-bond donors (Lipinski definition) is 1. The van der Waals surface area contributed by atoms with E-state index in [4.69, 9.17) is 11.6 Å². The smallest absolute Gasteiger partial charge is 0.231 e. The van der Waals surface area contributed by atoms with E-state index in [-0.39, 0.29) is 11.8 Å². The van der Waals surface area contributed by atoms with Crippen molar-refractivity contribution in [3.63, 3.8) is 0 Å². The summed E-state index contributed by atoms with van der Waals surface area (Å²) in [5.41, 5.74) is 1.21. The van der Waals surface area contributed by atoms with Gasteiger partial charge in [0, 0.05) is 24.0 Å². The second-order valence-electron chi connectivity index (χ2n) is 5.33. The highest BCUT2D eigenvalue weighted by atomic mass is 35.5. The van der Waals surface area contributed by atoms with E-state index < -0.39 is 5.41 Å². The molecule has 0 saturated carbocycles. The summed E-state index contributed by atoms with van der Waals surface area (Å²) in [6.07, 6.45) is 3.62. The lowest BCUT2D eigenvalue weighted by atomic mass is 9.95. The van der Waals surface area contributed by atoms with Crippen LogP contribution in [0.1, 0.15) is 19.4 Å². The number of benzene rings is 1. The third-order valence-corrected chi connectivity index (χ3v) is 3.77. The molecule has 0 aliphatic heterocycles. The molecule has 4 nitrogen and oxygen atoms in total. The Balaban J connectivity index is 2.18. The average Bonchev–Trinajstić information content (AvgIpc) is 2.94. The minimum Gasteiger partial charge on any atom is -0.325 e. The number of carbonyl (C=O) groups is 1. The first-order chi connectivity index (χ1) is 9.53. The first kappa shape index (κ1) is 14.6. The standard InChI is InChI=1S/C15H18ClN3O/c1-15(2,11-16)14(20)18-13-7-4-3-6-12(13)10-19-9-5-8-17-19/h3-9H,10-11H2,1-2H3,(H,18,20). The highest BCUT2D eigenvalue weighted by Crippen LogP contribution is 2.22. The second kappa shape index (κ2) is 6.09. The Kier molecular flexibility index (Phi) is 4.45. The molecular weight excluding hydrogens is 274 g/mol. The third-order valence-electron chi connectivity index (χ3n) is 3.11. The Morgan fingerprint density at radius 1 is 1.35 bits per heavy atom. The van der Waals surface area contributed by atoms with Crippen molar-refractivity contribution >= 4 is 23.2 Å². The summed E-state index contributed by atoms with van der Waals surface area (Å²) < 4.78 is 1.82. The molecule has 0 radical (unpaired) electrons. The minimum atomic E-state index is -0.597. The van der Waals surface area contributed by atoms with E-state index in [9.17, 15) is 4.79 Å². The Bertz CT molecular complexity index is 579. The van der Waals surface area contributed by atoms with Crippen LogP contribution in [0, 0.1) is 5.41 Å². The lowest BCUT2D eigenvalue weighted by Crippen LogP contribution is -2.32. The predicted molar refractivity (Wildman–Crippen MR) is 80.9 cm³/mol. The summed E-state index contributed by atoms with van der Waals surface area (Å²) in [5.74, 6) is 0.195. The van der Waals surface area contributed by atoms with Crippen LogP contribution < -0.4 is 5.32 Å². The van der Waals surface area contributed by atoms with Crippen LogP contribution in [0.15, 0.2) is 42.7 Å². The Morgan fingerprint density at radius 3 is 2.75 bits per heavy atom. The molecule has 1 aromatic carbocycles. The van der Waals surface area contributed by atoms with Crippen LogP contribution in [0.3, 0.4) is 0 Å². The molecule has 0 aliphatic rings. The minimum absolute atomic E-state index is 0.0829. The number of hydrogen-bond acceptors (Lipinski definition) is 2. The Labute approximate surface area is 123 Å². The van der Waals surface area contributed by atoms with Crippen molar-refractivity contribution < 1.29 is 4.79 Å². The van der Waals surface area contributed by atoms with Gasteiger partial charge < -0.3 is 5.32 Å². The van der Waals surface area contributed by atoms with Crippen LogP contribution >= 0.6 is 11.6 Å². The Hall–Kier alpha value is -1.81. The molecule has 1 N–H and O–H groups in total. The summed E-state index contributed by atoms with van der Waals surface area (Å²) in [4.78, 5) is 12.2. The van der Waals surface area contributed by atoms with Crippen molar-refractivity contribution in [1.82, 2.24) is 9.78 Å². The largest absolute Gasteiger partial charge is 0.325 e. The van der Waals surface area contributed by atoms with Crippen LogP contribution in [0.25, 0.3) is 0 Å². The lowest BCUT2D eigenvalue weighted by molar-refractivity contribution is -0.122. The van der Waals surface area contributed by atoms with Crippen molar-refractivity contribution in [2.75, 3.05) is 11.2 Å². The van der Waals surface area contributed by atoms with Crippen molar-refractivity contribution in [3.05, 3.63) is 48.3 Å². The number of nitrogens with zero attached hydrogens (tertiary/aromatic N) is 2. The fraction of sp³-hybridized carbons (Fsp3) is 0.333. The van der Waals surface area contributed by atoms with E-state index >= 15 is 0 Å². The molecule has 0 bridgehead atoms. The van der Waals surface area contributed by atoms with Crippen molar-refractivity contribution in [2.45, 2.75) is 20.4 Å². The van der Waals surface area contributed by atoms with Gasteiger partial charge in [-0.25, -0.2) is 0 Å². The SMILES string of the molecule is CC(C)(CCl)C(=O)Nc1ccccc1Cn1cccn1. The van der Waals surface area contributed by atoms with Crippen LogP contribution in [0.2, 0.25) is 0 Å². The van der Waals surface area contributed by atoms with Gasteiger partial charge >= 0.3 is 0 Å². The van der Waals surface area contributed by atoms with Gasteiger partial charge in [-0.1, -0.05) is 18.2 Å². The quantitative estimate of drug-likeness (QED) is 0.860. The molecule has 0 fully saturated rings. The van der Waals surface area contributed by atoms with Gasteiger partial charge in [0.15, 0.2) is 0 Å². The van der Waals surface area contributed by atoms with Gasteiger partial charge in [-0.2, -0.15) is 5.10 Å². The van der Waals surface area contributed by atoms with E-state index in [0.29, 0.717) is 6.54 Å². The molecule has 0 saturated heterocycles. The molecule has 2 aromatic rings. The topological polar surface area (TPSA) is 46.9 Å². The molecule has 0 spiro atoms. The maximum absolute atomic E-state index is 12.2. The summed E-state index contributed by atoms with van der Waals surface area (Å²) in [5, 5.41) is 7.13. The second-order valence-corrected chi connectivity index (χ2v) is 5.60. The summed E-state index contributed by atoms with van der Waals surface area (Å²) in [6, 6.07) is 9.58. The fourth-order valence-corrected chi connectivity index (χ4v) is 1.82. The first-order valence-electron chi connectivity index (χ1n) is 6.46. The van der Waals surface area contributed by atoms with Crippen molar-refractivity contribution in [1.29, 1.82) is 0 Å². The molecule has 2 rings (SSSR count). The van der Waals surface area contributed by atoms with Crippen molar-refractivity contribution in [2.24, 2.45) is 5.41 Å².